The molecule has 0 bridgehead atoms. The SMILES string of the molecule is C#C[C@@]1(O)[C@@H](CO[C@@](Cc2ccc(N3CCCNC3=O)cc2)(C(=O)O)C(=O)OCC)O[C@@H](n2cnc3c(N)nc(Cl)nc32)[C@@H]1O. The third kappa shape index (κ3) is 5.72. The number of aromatic nitrogens is 4. The maximum absolute atomic E-state index is 13.2. The monoisotopic (exact) mass is 643 g/mol. The molecule has 0 aliphatic carbocycles. The van der Waals surface area contributed by atoms with Gasteiger partial charge in [-0.25, -0.2) is 19.4 Å². The van der Waals surface area contributed by atoms with Crippen molar-refractivity contribution in [3.8, 4) is 12.3 Å². The molecule has 0 unspecified atom stereocenters. The molecular formula is C28H30ClN7O9. The number of nitrogens with two attached hydrogens (primary N) is 1. The molecular weight excluding hydrogens is 614 g/mol. The zero-order valence-electron chi connectivity index (χ0n) is 23.9. The number of rotatable bonds is 10. The van der Waals surface area contributed by atoms with Crippen molar-refractivity contribution >= 4 is 52.2 Å². The summed E-state index contributed by atoms with van der Waals surface area (Å²) in [6, 6.07) is 6.10. The maximum atomic E-state index is 13.2. The van der Waals surface area contributed by atoms with Crippen molar-refractivity contribution in [1.82, 2.24) is 24.8 Å². The van der Waals surface area contributed by atoms with Gasteiger partial charge in [0.2, 0.25) is 5.28 Å². The van der Waals surface area contributed by atoms with Crippen molar-refractivity contribution in [2.75, 3.05) is 36.9 Å². The lowest BCUT2D eigenvalue weighted by Gasteiger charge is -2.31. The third-order valence-corrected chi connectivity index (χ3v) is 7.82. The van der Waals surface area contributed by atoms with Crippen molar-refractivity contribution in [1.29, 1.82) is 0 Å². The van der Waals surface area contributed by atoms with Crippen LogP contribution in [0.15, 0.2) is 30.6 Å². The average molecular weight is 644 g/mol. The van der Waals surface area contributed by atoms with E-state index >= 15 is 0 Å². The fraction of sp³-hybridized carbons (Fsp3) is 0.429. The summed E-state index contributed by atoms with van der Waals surface area (Å²) in [5.74, 6) is -0.837. The van der Waals surface area contributed by atoms with Gasteiger partial charge in [0.1, 0.15) is 17.7 Å². The number of carboxylic acid groups (broad SMARTS) is 1. The number of imidazole rings is 1. The highest BCUT2D eigenvalue weighted by molar-refractivity contribution is 6.28. The van der Waals surface area contributed by atoms with Crippen LogP contribution >= 0.6 is 11.6 Å². The van der Waals surface area contributed by atoms with Gasteiger partial charge in [0.15, 0.2) is 23.3 Å². The molecule has 5 atom stereocenters. The second-order valence-corrected chi connectivity index (χ2v) is 10.7. The minimum atomic E-state index is -2.61. The number of carbonyl (C=O) groups is 3. The molecule has 2 saturated heterocycles. The summed E-state index contributed by atoms with van der Waals surface area (Å²) < 4.78 is 18.0. The number of halogens is 1. The van der Waals surface area contributed by atoms with Crippen LogP contribution in [0, 0.1) is 12.3 Å². The highest BCUT2D eigenvalue weighted by atomic mass is 35.5. The Morgan fingerprint density at radius 3 is 2.71 bits per heavy atom. The van der Waals surface area contributed by atoms with E-state index in [9.17, 15) is 29.7 Å². The second kappa shape index (κ2) is 12.5. The molecule has 0 radical (unpaired) electrons. The molecule has 6 N–H and O–H groups in total. The molecule has 3 aromatic rings. The Morgan fingerprint density at radius 1 is 1.33 bits per heavy atom. The summed E-state index contributed by atoms with van der Waals surface area (Å²) in [7, 11) is 0. The minimum Gasteiger partial charge on any atom is -0.479 e. The van der Waals surface area contributed by atoms with Crippen LogP contribution in [0.5, 0.6) is 0 Å². The molecule has 238 valence electrons. The first-order valence-corrected chi connectivity index (χ1v) is 14.2. The van der Waals surface area contributed by atoms with Crippen LogP contribution in [0.25, 0.3) is 11.2 Å². The van der Waals surface area contributed by atoms with Gasteiger partial charge in [-0.2, -0.15) is 9.97 Å². The third-order valence-electron chi connectivity index (χ3n) is 7.65. The van der Waals surface area contributed by atoms with Crippen molar-refractivity contribution in [2.45, 2.75) is 49.4 Å². The van der Waals surface area contributed by atoms with Crippen molar-refractivity contribution in [3.63, 3.8) is 0 Å². The Kier molecular flexibility index (Phi) is 8.83. The first kappa shape index (κ1) is 31.9. The largest absolute Gasteiger partial charge is 0.479 e. The molecule has 1 aromatic carbocycles. The fourth-order valence-electron chi connectivity index (χ4n) is 5.24. The van der Waals surface area contributed by atoms with Gasteiger partial charge in [-0.05, 0) is 42.6 Å². The van der Waals surface area contributed by atoms with Gasteiger partial charge in [0, 0.05) is 25.2 Å². The molecule has 5 rings (SSSR count). The second-order valence-electron chi connectivity index (χ2n) is 10.4. The lowest BCUT2D eigenvalue weighted by Crippen LogP contribution is -2.55. The van der Waals surface area contributed by atoms with E-state index in [1.807, 2.05) is 0 Å². The van der Waals surface area contributed by atoms with Gasteiger partial charge in [0.25, 0.3) is 5.60 Å². The molecule has 2 aliphatic heterocycles. The number of benzene rings is 1. The molecule has 16 nitrogen and oxygen atoms in total. The van der Waals surface area contributed by atoms with Crippen molar-refractivity contribution in [3.05, 3.63) is 41.4 Å². The van der Waals surface area contributed by atoms with E-state index in [0.29, 0.717) is 24.3 Å². The summed E-state index contributed by atoms with van der Waals surface area (Å²) in [5.41, 5.74) is 1.98. The van der Waals surface area contributed by atoms with E-state index in [1.54, 1.807) is 24.3 Å². The van der Waals surface area contributed by atoms with Gasteiger partial charge in [-0.1, -0.05) is 18.1 Å². The first-order valence-electron chi connectivity index (χ1n) is 13.8. The van der Waals surface area contributed by atoms with E-state index in [-0.39, 0.29) is 34.9 Å². The Labute approximate surface area is 261 Å². The molecule has 2 amide bonds. The summed E-state index contributed by atoms with van der Waals surface area (Å²) in [4.78, 5) is 51.7. The Bertz CT molecular complexity index is 1660. The standard InChI is InChI=1S/C28H30ClN7O9/c1-3-27(42)17(45-22(19(27)37)36-14-32-18-20(30)33-25(29)34-21(18)36)13-44-28(23(38)39,24(40)43-4-2)12-15-6-8-16(9-7-15)35-11-5-10-31-26(35)41/h1,6-9,14,17,19,22,37,42H,4-5,10-13H2,2H3,(H,31,41)(H,38,39)(H2,30,33,34)/t17-,19+,22-,27-,28+/m1/s1. The lowest BCUT2D eigenvalue weighted by molar-refractivity contribution is -0.194. The van der Waals surface area contributed by atoms with E-state index in [1.165, 1.54) is 22.7 Å². The number of anilines is 2. The van der Waals surface area contributed by atoms with Gasteiger partial charge in [-0.15, -0.1) is 6.42 Å². The predicted octanol–water partition coefficient (Wildman–Crippen LogP) is 0.250. The van der Waals surface area contributed by atoms with Crippen LogP contribution in [0.3, 0.4) is 0 Å². The summed E-state index contributed by atoms with van der Waals surface area (Å²) in [6.07, 6.45) is 2.33. The quantitative estimate of drug-likeness (QED) is 0.0865. The van der Waals surface area contributed by atoms with E-state index < -0.39 is 54.6 Å². The Hall–Kier alpha value is -4.53. The summed E-state index contributed by atoms with van der Waals surface area (Å²) in [5, 5.41) is 35.3. The number of terminal acetylenes is 1. The molecule has 4 heterocycles. The number of ether oxygens (including phenoxy) is 3. The summed E-state index contributed by atoms with van der Waals surface area (Å²) >= 11 is 5.95. The van der Waals surface area contributed by atoms with Crippen LogP contribution < -0.4 is 16.0 Å². The molecule has 45 heavy (non-hydrogen) atoms. The highest BCUT2D eigenvalue weighted by Crippen LogP contribution is 2.39. The van der Waals surface area contributed by atoms with Crippen molar-refractivity contribution in [2.24, 2.45) is 0 Å². The van der Waals surface area contributed by atoms with Crippen LogP contribution in [-0.4, -0.2) is 103 Å². The number of nitrogen functional groups attached to an aromatic ring is 1. The van der Waals surface area contributed by atoms with E-state index in [2.05, 4.69) is 26.2 Å². The fourth-order valence-corrected chi connectivity index (χ4v) is 5.41. The number of hydrogen-bond donors (Lipinski definition) is 5. The topological polar surface area (TPSA) is 224 Å². The number of hydrogen-bond acceptors (Lipinski definition) is 12. The minimum absolute atomic E-state index is 0.0452. The molecule has 17 heteroatoms. The number of nitrogens with one attached hydrogen (secondary N) is 1. The molecule has 2 aliphatic rings. The van der Waals surface area contributed by atoms with Crippen molar-refractivity contribution < 1.29 is 43.9 Å². The number of esters is 1. The van der Waals surface area contributed by atoms with Gasteiger partial charge in [-0.3, -0.25) is 9.47 Å². The zero-order valence-corrected chi connectivity index (χ0v) is 24.7. The van der Waals surface area contributed by atoms with Gasteiger partial charge < -0.3 is 40.6 Å². The number of nitrogens with zero attached hydrogens (tertiary/aromatic N) is 5. The number of fused-ring (bicyclic) bond motifs is 1. The maximum Gasteiger partial charge on any atom is 0.350 e. The predicted molar refractivity (Wildman–Crippen MR) is 157 cm³/mol. The van der Waals surface area contributed by atoms with Gasteiger partial charge in [0.05, 0.1) is 19.5 Å². The Morgan fingerprint density at radius 2 is 2.07 bits per heavy atom. The summed E-state index contributed by atoms with van der Waals surface area (Å²) in [6.45, 7) is 1.65. The molecule has 2 fully saturated rings. The smallest absolute Gasteiger partial charge is 0.350 e. The average Bonchev–Trinajstić information content (AvgIpc) is 3.54. The Balaban J connectivity index is 1.42. The number of carboxylic acids is 1. The lowest BCUT2D eigenvalue weighted by atomic mass is 9.91. The molecule has 0 saturated carbocycles. The van der Waals surface area contributed by atoms with E-state index in [4.69, 9.17) is 38.0 Å². The number of aliphatic carboxylic acids is 1. The van der Waals surface area contributed by atoms with Crippen LogP contribution in [0.1, 0.15) is 25.1 Å². The number of urea groups is 1. The first-order chi connectivity index (χ1) is 21.4. The molecule has 2 aromatic heterocycles. The number of aliphatic hydroxyl groups excluding tert-OH is 1. The van der Waals surface area contributed by atoms with Crippen LogP contribution in [-0.2, 0) is 30.2 Å². The van der Waals surface area contributed by atoms with E-state index in [0.717, 1.165) is 6.42 Å². The van der Waals surface area contributed by atoms with Gasteiger partial charge >= 0.3 is 18.0 Å². The number of amides is 2. The normalized spacial score (nSPS) is 24.6. The van der Waals surface area contributed by atoms with Crippen LogP contribution in [0.2, 0.25) is 5.28 Å². The molecule has 0 spiro atoms. The zero-order chi connectivity index (χ0) is 32.5. The number of carbonyl (C=O) groups excluding carboxylic acids is 2. The van der Waals surface area contributed by atoms with Crippen LogP contribution in [0.4, 0.5) is 16.3 Å². The highest BCUT2D eigenvalue weighted by Gasteiger charge is 2.58. The number of aliphatic hydroxyl groups is 2.